The van der Waals surface area contributed by atoms with Gasteiger partial charge in [0.1, 0.15) is 23.7 Å². The van der Waals surface area contributed by atoms with E-state index in [1.807, 2.05) is 48.5 Å². The summed E-state index contributed by atoms with van der Waals surface area (Å²) in [6, 6.07) is 26.7. The largest absolute Gasteiger partial charge is 0.497 e. The number of aromatic nitrogens is 1. The van der Waals surface area contributed by atoms with Crippen molar-refractivity contribution in [3.8, 4) is 5.75 Å². The first-order chi connectivity index (χ1) is 21.4. The number of nitrogens with zero attached hydrogens (tertiary/aromatic N) is 2. The van der Waals surface area contributed by atoms with E-state index >= 15 is 0 Å². The van der Waals surface area contributed by atoms with Crippen molar-refractivity contribution in [1.29, 1.82) is 0 Å². The summed E-state index contributed by atoms with van der Waals surface area (Å²) in [5.41, 5.74) is 5.00. The zero-order valence-electron chi connectivity index (χ0n) is 23.9. The molecule has 2 atom stereocenters. The minimum atomic E-state index is -0.692. The van der Waals surface area contributed by atoms with Crippen LogP contribution in [-0.4, -0.2) is 47.4 Å². The van der Waals surface area contributed by atoms with Crippen molar-refractivity contribution in [2.24, 2.45) is 0 Å². The van der Waals surface area contributed by atoms with Gasteiger partial charge in [0.05, 0.1) is 12.8 Å². The van der Waals surface area contributed by atoms with Gasteiger partial charge in [-0.2, -0.15) is 0 Å². The van der Waals surface area contributed by atoms with Gasteiger partial charge in [0.25, 0.3) is 11.8 Å². The lowest BCUT2D eigenvalue weighted by Gasteiger charge is -2.36. The summed E-state index contributed by atoms with van der Waals surface area (Å²) < 4.78 is 19.3. The van der Waals surface area contributed by atoms with Crippen LogP contribution in [0.2, 0.25) is 0 Å². The Morgan fingerprint density at radius 2 is 1.68 bits per heavy atom. The second kappa shape index (κ2) is 11.0. The number of anilines is 1. The predicted molar refractivity (Wildman–Crippen MR) is 164 cm³/mol. The van der Waals surface area contributed by atoms with Crippen LogP contribution >= 0.6 is 0 Å². The minimum Gasteiger partial charge on any atom is -0.497 e. The van der Waals surface area contributed by atoms with E-state index in [-0.39, 0.29) is 24.2 Å². The SMILES string of the molecule is COc1ccc([C@@H]2c3[nH]c4ccccc4c3C[C@H]3C(=O)N(c4ccc(C(=O)NCCc5ccccc5F)cc4)C(=O)N23)cc1. The highest BCUT2D eigenvalue weighted by atomic mass is 19.1. The predicted octanol–water partition coefficient (Wildman–Crippen LogP) is 5.77. The number of hydrogen-bond acceptors (Lipinski definition) is 4. The van der Waals surface area contributed by atoms with Crippen LogP contribution in [0, 0.1) is 5.82 Å². The number of rotatable bonds is 7. The number of methoxy groups -OCH3 is 1. The molecule has 0 saturated carbocycles. The second-order valence-corrected chi connectivity index (χ2v) is 11.0. The number of imide groups is 1. The van der Waals surface area contributed by atoms with Gasteiger partial charge >= 0.3 is 6.03 Å². The second-order valence-electron chi connectivity index (χ2n) is 11.0. The Balaban J connectivity index is 1.16. The number of para-hydroxylation sites is 1. The number of urea groups is 1. The van der Waals surface area contributed by atoms with Crippen molar-refractivity contribution >= 4 is 34.4 Å². The number of hydrogen-bond donors (Lipinski definition) is 2. The molecule has 0 unspecified atom stereocenters. The molecule has 0 bridgehead atoms. The van der Waals surface area contributed by atoms with E-state index in [0.717, 1.165) is 27.7 Å². The van der Waals surface area contributed by atoms with Gasteiger partial charge in [-0.15, -0.1) is 0 Å². The number of amides is 4. The standard InChI is InChI=1S/C35H29FN4O4/c1-44-25-16-12-22(13-17-25)32-31-27(26-7-3-5-9-29(26)38-31)20-30-34(42)39(35(43)40(30)32)24-14-10-23(11-15-24)33(41)37-19-18-21-6-2-4-8-28(21)36/h2-17,30,32,38H,18-20H2,1H3,(H,37,41)/t30-,32+/m0/s1. The molecule has 220 valence electrons. The summed E-state index contributed by atoms with van der Waals surface area (Å²) >= 11 is 0. The molecule has 3 heterocycles. The van der Waals surface area contributed by atoms with E-state index < -0.39 is 18.1 Å². The van der Waals surface area contributed by atoms with Gasteiger partial charge in [0.15, 0.2) is 0 Å². The zero-order valence-corrected chi connectivity index (χ0v) is 23.9. The van der Waals surface area contributed by atoms with Crippen LogP contribution in [0.1, 0.15) is 38.8 Å². The van der Waals surface area contributed by atoms with Crippen LogP contribution in [0.5, 0.6) is 5.75 Å². The fourth-order valence-corrected chi connectivity index (χ4v) is 6.32. The molecule has 2 aliphatic heterocycles. The maximum atomic E-state index is 14.1. The van der Waals surface area contributed by atoms with E-state index in [2.05, 4.69) is 10.3 Å². The maximum absolute atomic E-state index is 14.1. The van der Waals surface area contributed by atoms with Gasteiger partial charge in [-0.3, -0.25) is 14.5 Å². The highest BCUT2D eigenvalue weighted by Crippen LogP contribution is 2.45. The molecule has 4 aromatic carbocycles. The topological polar surface area (TPSA) is 94.7 Å². The van der Waals surface area contributed by atoms with Crippen LogP contribution in [-0.2, 0) is 17.6 Å². The third-order valence-electron chi connectivity index (χ3n) is 8.51. The van der Waals surface area contributed by atoms with E-state index in [9.17, 15) is 18.8 Å². The molecular formula is C35H29FN4O4. The van der Waals surface area contributed by atoms with Crippen molar-refractivity contribution in [2.45, 2.75) is 24.9 Å². The van der Waals surface area contributed by atoms with Gasteiger partial charge in [-0.25, -0.2) is 14.1 Å². The van der Waals surface area contributed by atoms with Gasteiger partial charge in [-0.05, 0) is 71.6 Å². The van der Waals surface area contributed by atoms with Crippen molar-refractivity contribution in [2.75, 3.05) is 18.6 Å². The first-order valence-corrected chi connectivity index (χ1v) is 14.5. The van der Waals surface area contributed by atoms with E-state index in [4.69, 9.17) is 4.74 Å². The third-order valence-corrected chi connectivity index (χ3v) is 8.51. The number of benzene rings is 4. The lowest BCUT2D eigenvalue weighted by atomic mass is 9.89. The van der Waals surface area contributed by atoms with Gasteiger partial charge < -0.3 is 15.0 Å². The Bertz CT molecular complexity index is 1900. The molecule has 0 radical (unpaired) electrons. The first kappa shape index (κ1) is 27.4. The summed E-state index contributed by atoms with van der Waals surface area (Å²) in [4.78, 5) is 47.2. The Morgan fingerprint density at radius 3 is 2.43 bits per heavy atom. The Kier molecular flexibility index (Phi) is 6.85. The summed E-state index contributed by atoms with van der Waals surface area (Å²) in [5.74, 6) is -0.252. The van der Waals surface area contributed by atoms with Gasteiger partial charge in [0, 0.05) is 35.1 Å². The molecule has 4 amide bonds. The molecule has 8 nitrogen and oxygen atoms in total. The van der Waals surface area contributed by atoms with Crippen LogP contribution in [0.25, 0.3) is 10.9 Å². The van der Waals surface area contributed by atoms with Crippen LogP contribution in [0.4, 0.5) is 14.9 Å². The normalized spacial score (nSPS) is 17.5. The number of fused-ring (bicyclic) bond motifs is 4. The Labute approximate surface area is 253 Å². The number of carbonyl (C=O) groups excluding carboxylic acids is 3. The molecule has 9 heteroatoms. The van der Waals surface area contributed by atoms with E-state index in [1.54, 1.807) is 54.5 Å². The fraction of sp³-hybridized carbons (Fsp3) is 0.171. The molecule has 2 aliphatic rings. The number of H-pyrrole nitrogens is 1. The van der Waals surface area contributed by atoms with Crippen molar-refractivity contribution < 1.29 is 23.5 Å². The summed E-state index contributed by atoms with van der Waals surface area (Å²) in [7, 11) is 1.60. The van der Waals surface area contributed by atoms with Gasteiger partial charge in [0.2, 0.25) is 0 Å². The molecular weight excluding hydrogens is 559 g/mol. The number of nitrogens with one attached hydrogen (secondary N) is 2. The third kappa shape index (κ3) is 4.57. The highest BCUT2D eigenvalue weighted by Gasteiger charge is 2.53. The van der Waals surface area contributed by atoms with Gasteiger partial charge in [-0.1, -0.05) is 48.5 Å². The summed E-state index contributed by atoms with van der Waals surface area (Å²) in [6.07, 6.45) is 0.743. The summed E-state index contributed by atoms with van der Waals surface area (Å²) in [6.45, 7) is 0.267. The highest BCUT2D eigenvalue weighted by molar-refractivity contribution is 6.22. The van der Waals surface area contributed by atoms with Crippen LogP contribution in [0.15, 0.2) is 97.1 Å². The number of ether oxygens (including phenoxy) is 1. The Hall–Kier alpha value is -5.44. The molecule has 0 aliphatic carbocycles. The molecule has 7 rings (SSSR count). The lowest BCUT2D eigenvalue weighted by molar-refractivity contribution is -0.120. The van der Waals surface area contributed by atoms with E-state index in [1.165, 1.54) is 11.0 Å². The molecule has 2 N–H and O–H groups in total. The zero-order chi connectivity index (χ0) is 30.4. The minimum absolute atomic E-state index is 0.267. The molecule has 5 aromatic rings. The fourth-order valence-electron chi connectivity index (χ4n) is 6.32. The average Bonchev–Trinajstić information content (AvgIpc) is 3.55. The Morgan fingerprint density at radius 1 is 0.955 bits per heavy atom. The van der Waals surface area contributed by atoms with Crippen LogP contribution < -0.4 is 15.0 Å². The lowest BCUT2D eigenvalue weighted by Crippen LogP contribution is -2.44. The number of carbonyl (C=O) groups is 3. The first-order valence-electron chi connectivity index (χ1n) is 14.5. The number of halogens is 1. The number of aromatic amines is 1. The summed E-state index contributed by atoms with van der Waals surface area (Å²) in [5, 5.41) is 3.83. The molecule has 44 heavy (non-hydrogen) atoms. The molecule has 1 fully saturated rings. The molecule has 1 aromatic heterocycles. The average molecular weight is 589 g/mol. The molecule has 1 saturated heterocycles. The quantitative estimate of drug-likeness (QED) is 0.236. The van der Waals surface area contributed by atoms with Crippen LogP contribution in [0.3, 0.4) is 0 Å². The maximum Gasteiger partial charge on any atom is 0.332 e. The monoisotopic (exact) mass is 588 g/mol. The van der Waals surface area contributed by atoms with Crippen molar-refractivity contribution in [3.05, 3.63) is 131 Å². The smallest absolute Gasteiger partial charge is 0.332 e. The van der Waals surface area contributed by atoms with Crippen molar-refractivity contribution in [3.63, 3.8) is 0 Å². The molecule has 0 spiro atoms. The van der Waals surface area contributed by atoms with Crippen molar-refractivity contribution in [1.82, 2.24) is 15.2 Å². The van der Waals surface area contributed by atoms with E-state index in [0.29, 0.717) is 35.4 Å².